The number of nitrogens with one attached hydrogen (secondary N) is 3. The molecule has 0 aliphatic carbocycles. The fourth-order valence-corrected chi connectivity index (χ4v) is 4.04. The number of unbranched alkanes of at least 4 members (excludes halogenated alkanes) is 1. The summed E-state index contributed by atoms with van der Waals surface area (Å²) >= 11 is 1.42. The summed E-state index contributed by atoms with van der Waals surface area (Å²) in [5.74, 6) is -1.68. The molecule has 9 nitrogen and oxygen atoms in total. The lowest BCUT2D eigenvalue weighted by Gasteiger charge is -2.09. The van der Waals surface area contributed by atoms with Crippen molar-refractivity contribution in [1.82, 2.24) is 15.4 Å². The summed E-state index contributed by atoms with van der Waals surface area (Å²) < 4.78 is 32.2. The Bertz CT molecular complexity index is 974. The highest BCUT2D eigenvalue weighted by atomic mass is 32.2. The number of ether oxygens (including phenoxy) is 1. The molecule has 3 N–H and O–H groups in total. The van der Waals surface area contributed by atoms with Crippen molar-refractivity contribution in [2.24, 2.45) is 0 Å². The number of imide groups is 1. The topological polar surface area (TPSA) is 131 Å². The number of amides is 3. The van der Waals surface area contributed by atoms with Crippen LogP contribution >= 0.6 is 11.3 Å². The number of sulfonamides is 1. The summed E-state index contributed by atoms with van der Waals surface area (Å²) in [4.78, 5) is 36.1. The predicted octanol–water partition coefficient (Wildman–Crippen LogP) is 2.01. The lowest BCUT2D eigenvalue weighted by molar-refractivity contribution is -0.123. The van der Waals surface area contributed by atoms with E-state index in [0.717, 1.165) is 23.8 Å². The maximum absolute atomic E-state index is 12.4. The summed E-state index contributed by atoms with van der Waals surface area (Å²) in [7, 11) is -3.83. The van der Waals surface area contributed by atoms with Gasteiger partial charge in [-0.1, -0.05) is 25.5 Å². The first kappa shape index (κ1) is 23.5. The fraction of sp³-hybridized carbons (Fsp3) is 0.316. The first-order valence-corrected chi connectivity index (χ1v) is 11.5. The van der Waals surface area contributed by atoms with Crippen LogP contribution in [-0.4, -0.2) is 39.5 Å². The van der Waals surface area contributed by atoms with Gasteiger partial charge in [0.25, 0.3) is 5.91 Å². The third-order valence-corrected chi connectivity index (χ3v) is 6.08. The molecule has 0 radical (unpaired) electrons. The van der Waals surface area contributed by atoms with Gasteiger partial charge >= 0.3 is 12.0 Å². The zero-order valence-corrected chi connectivity index (χ0v) is 18.0. The van der Waals surface area contributed by atoms with Crippen LogP contribution in [0.2, 0.25) is 0 Å². The Morgan fingerprint density at radius 3 is 2.63 bits per heavy atom. The van der Waals surface area contributed by atoms with Gasteiger partial charge < -0.3 is 10.1 Å². The van der Waals surface area contributed by atoms with E-state index in [0.29, 0.717) is 6.54 Å². The van der Waals surface area contributed by atoms with Gasteiger partial charge in [0.2, 0.25) is 10.0 Å². The summed E-state index contributed by atoms with van der Waals surface area (Å²) in [6.45, 7) is 1.85. The van der Waals surface area contributed by atoms with Gasteiger partial charge in [0.1, 0.15) is 0 Å². The number of hydrogen-bond donors (Lipinski definition) is 3. The Kier molecular flexibility index (Phi) is 8.96. The number of hydrogen-bond acceptors (Lipinski definition) is 7. The van der Waals surface area contributed by atoms with Crippen molar-refractivity contribution in [1.29, 1.82) is 0 Å². The minimum Gasteiger partial charge on any atom is -0.452 e. The van der Waals surface area contributed by atoms with Crippen molar-refractivity contribution >= 4 is 39.3 Å². The van der Waals surface area contributed by atoms with Crippen molar-refractivity contribution in [2.75, 3.05) is 13.2 Å². The number of rotatable bonds is 10. The second-order valence-electron chi connectivity index (χ2n) is 6.17. The van der Waals surface area contributed by atoms with Gasteiger partial charge in [-0.2, -0.15) is 0 Å². The van der Waals surface area contributed by atoms with Gasteiger partial charge in [-0.3, -0.25) is 10.1 Å². The van der Waals surface area contributed by atoms with Gasteiger partial charge in [0.15, 0.2) is 6.61 Å². The third kappa shape index (κ3) is 7.58. The Balaban J connectivity index is 1.89. The molecule has 11 heteroatoms. The SMILES string of the molecule is CCCCNC(=O)NC(=O)COC(=O)c1cccc(S(=O)(=O)NCc2cccs2)c1. The largest absolute Gasteiger partial charge is 0.452 e. The van der Waals surface area contributed by atoms with E-state index >= 15 is 0 Å². The van der Waals surface area contributed by atoms with E-state index in [1.807, 2.05) is 23.7 Å². The van der Waals surface area contributed by atoms with Crippen molar-refractivity contribution < 1.29 is 27.5 Å². The molecule has 0 atom stereocenters. The van der Waals surface area contributed by atoms with Crippen molar-refractivity contribution in [3.05, 3.63) is 52.2 Å². The van der Waals surface area contributed by atoms with Crippen LogP contribution < -0.4 is 15.4 Å². The number of benzene rings is 1. The van der Waals surface area contributed by atoms with Crippen molar-refractivity contribution in [2.45, 2.75) is 31.2 Å². The van der Waals surface area contributed by atoms with Gasteiger partial charge in [0.05, 0.1) is 10.5 Å². The molecule has 0 fully saturated rings. The number of esters is 1. The lowest BCUT2D eigenvalue weighted by Crippen LogP contribution is -2.41. The van der Waals surface area contributed by atoms with E-state index in [1.54, 1.807) is 6.07 Å². The monoisotopic (exact) mass is 453 g/mol. The van der Waals surface area contributed by atoms with Crippen molar-refractivity contribution in [3.63, 3.8) is 0 Å². The molecule has 2 rings (SSSR count). The maximum Gasteiger partial charge on any atom is 0.338 e. The predicted molar refractivity (Wildman–Crippen MR) is 112 cm³/mol. The molecular weight excluding hydrogens is 430 g/mol. The van der Waals surface area contributed by atoms with Crippen LogP contribution in [0.5, 0.6) is 0 Å². The van der Waals surface area contributed by atoms with E-state index in [9.17, 15) is 22.8 Å². The molecule has 0 bridgehead atoms. The molecule has 162 valence electrons. The fourth-order valence-electron chi connectivity index (χ4n) is 2.25. The Morgan fingerprint density at radius 1 is 1.13 bits per heavy atom. The maximum atomic E-state index is 12.4. The van der Waals surface area contributed by atoms with Crippen LogP contribution in [0, 0.1) is 0 Å². The lowest BCUT2D eigenvalue weighted by atomic mass is 10.2. The molecule has 3 amide bonds. The van der Waals surface area contributed by atoms with E-state index in [2.05, 4.69) is 10.0 Å². The van der Waals surface area contributed by atoms with Crippen LogP contribution in [0.1, 0.15) is 35.0 Å². The highest BCUT2D eigenvalue weighted by molar-refractivity contribution is 7.89. The Morgan fingerprint density at radius 2 is 1.93 bits per heavy atom. The number of carbonyl (C=O) groups excluding carboxylic acids is 3. The summed E-state index contributed by atoms with van der Waals surface area (Å²) in [6, 6.07) is 8.23. The molecule has 0 unspecified atom stereocenters. The van der Waals surface area contributed by atoms with Crippen LogP contribution in [0.15, 0.2) is 46.7 Å². The standard InChI is InChI=1S/C19H23N3O6S2/c1-2-3-9-20-19(25)22-17(23)13-28-18(24)14-6-4-8-16(11-14)30(26,27)21-12-15-7-5-10-29-15/h4-8,10-11,21H,2-3,9,12-13H2,1H3,(H2,20,22,23,25). The van der Waals surface area contributed by atoms with E-state index in [-0.39, 0.29) is 17.0 Å². The van der Waals surface area contributed by atoms with Gasteiger partial charge in [-0.25, -0.2) is 22.7 Å². The Hall–Kier alpha value is -2.76. The van der Waals surface area contributed by atoms with Crippen LogP contribution in [-0.2, 0) is 26.1 Å². The average Bonchev–Trinajstić information content (AvgIpc) is 3.24. The van der Waals surface area contributed by atoms with Gasteiger partial charge in [-0.05, 0) is 36.1 Å². The third-order valence-electron chi connectivity index (χ3n) is 3.80. The molecule has 0 spiro atoms. The molecule has 1 aromatic carbocycles. The normalized spacial score (nSPS) is 11.0. The first-order valence-electron chi connectivity index (χ1n) is 9.18. The molecule has 0 aliphatic rings. The summed E-state index contributed by atoms with van der Waals surface area (Å²) in [6.07, 6.45) is 1.67. The molecule has 1 heterocycles. The van der Waals surface area contributed by atoms with E-state index in [1.165, 1.54) is 29.5 Å². The minimum atomic E-state index is -3.83. The molecule has 1 aromatic heterocycles. The minimum absolute atomic E-state index is 0.0332. The number of carbonyl (C=O) groups is 3. The average molecular weight is 454 g/mol. The quantitative estimate of drug-likeness (QED) is 0.373. The number of urea groups is 1. The molecule has 0 aliphatic heterocycles. The second-order valence-corrected chi connectivity index (χ2v) is 8.96. The van der Waals surface area contributed by atoms with Crippen molar-refractivity contribution in [3.8, 4) is 0 Å². The smallest absolute Gasteiger partial charge is 0.338 e. The van der Waals surface area contributed by atoms with Crippen LogP contribution in [0.4, 0.5) is 4.79 Å². The first-order chi connectivity index (χ1) is 14.3. The molecule has 0 saturated carbocycles. The highest BCUT2D eigenvalue weighted by Gasteiger charge is 2.18. The zero-order valence-electron chi connectivity index (χ0n) is 16.3. The Labute approximate surface area is 178 Å². The highest BCUT2D eigenvalue weighted by Crippen LogP contribution is 2.14. The van der Waals surface area contributed by atoms with Crippen LogP contribution in [0.3, 0.4) is 0 Å². The summed E-state index contributed by atoms with van der Waals surface area (Å²) in [5, 5.41) is 6.37. The molecule has 0 saturated heterocycles. The van der Waals surface area contributed by atoms with Crippen LogP contribution in [0.25, 0.3) is 0 Å². The van der Waals surface area contributed by atoms with E-state index in [4.69, 9.17) is 4.74 Å². The molecule has 2 aromatic rings. The molecular formula is C19H23N3O6S2. The van der Waals surface area contributed by atoms with Gasteiger partial charge in [0, 0.05) is 18.0 Å². The zero-order chi connectivity index (χ0) is 22.0. The molecule has 30 heavy (non-hydrogen) atoms. The number of thiophene rings is 1. The van der Waals surface area contributed by atoms with E-state index < -0.39 is 34.5 Å². The summed E-state index contributed by atoms with van der Waals surface area (Å²) in [5.41, 5.74) is -0.0332. The van der Waals surface area contributed by atoms with Gasteiger partial charge in [-0.15, -0.1) is 11.3 Å². The second kappa shape index (κ2) is 11.4.